The van der Waals surface area contributed by atoms with Gasteiger partial charge in [0.1, 0.15) is 5.92 Å². The lowest BCUT2D eigenvalue weighted by atomic mass is 9.75. The van der Waals surface area contributed by atoms with Crippen molar-refractivity contribution < 1.29 is 23.9 Å². The minimum atomic E-state index is -0.732. The number of benzene rings is 1. The second kappa shape index (κ2) is 7.95. The number of amides is 1. The first-order chi connectivity index (χ1) is 12.3. The van der Waals surface area contributed by atoms with Gasteiger partial charge >= 0.3 is 11.9 Å². The maximum Gasteiger partial charge on any atom is 0.336 e. The molecule has 138 valence electrons. The average Bonchev–Trinajstić information content (AvgIpc) is 2.60. The fourth-order valence-corrected chi connectivity index (χ4v) is 3.18. The van der Waals surface area contributed by atoms with E-state index in [0.29, 0.717) is 22.7 Å². The van der Waals surface area contributed by atoms with Gasteiger partial charge in [-0.1, -0.05) is 12.1 Å². The van der Waals surface area contributed by atoms with Gasteiger partial charge in [0.2, 0.25) is 5.91 Å². The molecule has 2 unspecified atom stereocenters. The lowest BCUT2D eigenvalue weighted by molar-refractivity contribution is -0.143. The molecule has 0 spiro atoms. The molecule has 0 saturated carbocycles. The fraction of sp³-hybridized carbons (Fsp3) is 0.368. The molecule has 0 aromatic heterocycles. The number of anilines is 1. The minimum absolute atomic E-state index is 0.183. The first kappa shape index (κ1) is 19.4. The van der Waals surface area contributed by atoms with Crippen LogP contribution in [0.15, 0.2) is 40.5 Å². The van der Waals surface area contributed by atoms with Crippen LogP contribution in [0.2, 0.25) is 0 Å². The van der Waals surface area contributed by atoms with Crippen LogP contribution < -0.4 is 5.32 Å². The molecular weight excluding hydrogens is 336 g/mol. The Morgan fingerprint density at radius 1 is 1.04 bits per heavy atom. The van der Waals surface area contributed by atoms with Crippen LogP contribution in [0.3, 0.4) is 0 Å². The number of aliphatic imine (C=N–C) groups is 1. The van der Waals surface area contributed by atoms with E-state index in [2.05, 4.69) is 10.3 Å². The number of methoxy groups -OCH3 is 2. The Bertz CT molecular complexity index is 793. The van der Waals surface area contributed by atoms with Crippen LogP contribution >= 0.6 is 0 Å². The third kappa shape index (κ3) is 3.82. The molecule has 0 fully saturated rings. The van der Waals surface area contributed by atoms with E-state index < -0.39 is 23.8 Å². The van der Waals surface area contributed by atoms with E-state index in [4.69, 9.17) is 9.47 Å². The summed E-state index contributed by atoms with van der Waals surface area (Å²) in [5, 5.41) is 2.68. The molecule has 26 heavy (non-hydrogen) atoms. The fourth-order valence-electron chi connectivity index (χ4n) is 3.18. The van der Waals surface area contributed by atoms with E-state index in [9.17, 15) is 14.4 Å². The number of hydrogen-bond acceptors (Lipinski definition) is 6. The van der Waals surface area contributed by atoms with Gasteiger partial charge in [0.25, 0.3) is 0 Å². The molecule has 1 heterocycles. The number of carbonyl (C=O) groups excluding carboxylic acids is 3. The van der Waals surface area contributed by atoms with Gasteiger partial charge < -0.3 is 14.8 Å². The molecular formula is C19H22N2O5. The van der Waals surface area contributed by atoms with E-state index in [0.717, 1.165) is 5.56 Å². The van der Waals surface area contributed by atoms with E-state index in [1.807, 2.05) is 0 Å². The molecule has 1 N–H and O–H groups in total. The summed E-state index contributed by atoms with van der Waals surface area (Å²) in [6, 6.07) is 6.97. The highest BCUT2D eigenvalue weighted by Gasteiger charge is 2.41. The number of esters is 2. The largest absolute Gasteiger partial charge is 0.468 e. The number of ether oxygens (including phenoxy) is 2. The van der Waals surface area contributed by atoms with Crippen molar-refractivity contribution in [1.82, 2.24) is 0 Å². The summed E-state index contributed by atoms with van der Waals surface area (Å²) in [7, 11) is 2.59. The predicted octanol–water partition coefficient (Wildman–Crippen LogP) is 2.44. The van der Waals surface area contributed by atoms with E-state index in [1.165, 1.54) is 21.1 Å². The topological polar surface area (TPSA) is 94.1 Å². The molecule has 1 aromatic carbocycles. The van der Waals surface area contributed by atoms with Crippen LogP contribution in [0.5, 0.6) is 0 Å². The maximum absolute atomic E-state index is 12.4. The van der Waals surface area contributed by atoms with E-state index >= 15 is 0 Å². The van der Waals surface area contributed by atoms with Crippen LogP contribution in [-0.2, 0) is 23.9 Å². The highest BCUT2D eigenvalue weighted by Crippen LogP contribution is 2.40. The van der Waals surface area contributed by atoms with Gasteiger partial charge in [-0.2, -0.15) is 0 Å². The van der Waals surface area contributed by atoms with Crippen LogP contribution in [0.25, 0.3) is 0 Å². The van der Waals surface area contributed by atoms with Crippen molar-refractivity contribution >= 4 is 29.2 Å². The van der Waals surface area contributed by atoms with Crippen LogP contribution in [0, 0.1) is 5.92 Å². The second-order valence-electron chi connectivity index (χ2n) is 6.03. The zero-order valence-electron chi connectivity index (χ0n) is 15.5. The molecule has 1 aromatic rings. The Morgan fingerprint density at radius 3 is 2.15 bits per heavy atom. The van der Waals surface area contributed by atoms with Crippen molar-refractivity contribution in [2.75, 3.05) is 19.5 Å². The zero-order chi connectivity index (χ0) is 19.4. The summed E-state index contributed by atoms with van der Waals surface area (Å²) in [4.78, 5) is 40.3. The molecule has 0 aliphatic carbocycles. The van der Waals surface area contributed by atoms with Gasteiger partial charge in [-0.05, 0) is 31.5 Å². The highest BCUT2D eigenvalue weighted by molar-refractivity contribution is 6.07. The Morgan fingerprint density at radius 2 is 1.65 bits per heavy atom. The molecule has 0 bridgehead atoms. The standard InChI is InChI=1S/C19H22N2O5/c1-10-15(18(23)25-4)17(16(11(2)20-10)19(24)26-5)13-6-8-14(9-7-13)21-12(3)22/h6-9,15,17H,1-5H3,(H,21,22). The number of rotatable bonds is 4. The molecule has 1 aliphatic rings. The van der Waals surface area contributed by atoms with Crippen LogP contribution in [0.1, 0.15) is 32.3 Å². The first-order valence-corrected chi connectivity index (χ1v) is 8.09. The molecule has 0 saturated heterocycles. The molecule has 0 radical (unpaired) electrons. The lowest BCUT2D eigenvalue weighted by Crippen LogP contribution is -2.36. The average molecular weight is 358 g/mol. The number of hydrogen-bond donors (Lipinski definition) is 1. The normalized spacial score (nSPS) is 19.5. The lowest BCUT2D eigenvalue weighted by Gasteiger charge is -2.31. The summed E-state index contributed by atoms with van der Waals surface area (Å²) in [6.07, 6.45) is 0. The monoisotopic (exact) mass is 358 g/mol. The highest BCUT2D eigenvalue weighted by atomic mass is 16.5. The minimum Gasteiger partial charge on any atom is -0.468 e. The molecule has 1 amide bonds. The van der Waals surface area contributed by atoms with Crippen molar-refractivity contribution in [2.24, 2.45) is 10.9 Å². The Balaban J connectivity index is 2.56. The Labute approximate surface area is 152 Å². The van der Waals surface area contributed by atoms with Crippen molar-refractivity contribution in [3.63, 3.8) is 0 Å². The summed E-state index contributed by atoms with van der Waals surface area (Å²) >= 11 is 0. The smallest absolute Gasteiger partial charge is 0.336 e. The Hall–Kier alpha value is -2.96. The van der Waals surface area contributed by atoms with Gasteiger partial charge in [-0.15, -0.1) is 0 Å². The molecule has 7 nitrogen and oxygen atoms in total. The van der Waals surface area contributed by atoms with E-state index in [1.54, 1.807) is 38.1 Å². The van der Waals surface area contributed by atoms with Gasteiger partial charge in [0.05, 0.1) is 19.8 Å². The summed E-state index contributed by atoms with van der Waals surface area (Å²) in [5.41, 5.74) is 2.74. The zero-order valence-corrected chi connectivity index (χ0v) is 15.5. The number of nitrogens with zero attached hydrogens (tertiary/aromatic N) is 1. The Kier molecular flexibility index (Phi) is 5.92. The van der Waals surface area contributed by atoms with Crippen LogP contribution in [-0.4, -0.2) is 37.8 Å². The van der Waals surface area contributed by atoms with Crippen molar-refractivity contribution in [2.45, 2.75) is 26.7 Å². The third-order valence-corrected chi connectivity index (χ3v) is 4.28. The summed E-state index contributed by atoms with van der Waals surface area (Å²) < 4.78 is 9.84. The maximum atomic E-state index is 12.4. The van der Waals surface area contributed by atoms with Crippen LogP contribution in [0.4, 0.5) is 5.69 Å². The van der Waals surface area contributed by atoms with Gasteiger partial charge in [0, 0.05) is 29.9 Å². The predicted molar refractivity (Wildman–Crippen MR) is 96.8 cm³/mol. The number of allylic oxidation sites excluding steroid dienone is 1. The summed E-state index contributed by atoms with van der Waals surface area (Å²) in [6.45, 7) is 4.86. The third-order valence-electron chi connectivity index (χ3n) is 4.28. The van der Waals surface area contributed by atoms with Gasteiger partial charge in [-0.3, -0.25) is 14.6 Å². The summed E-state index contributed by atoms with van der Waals surface area (Å²) in [5.74, 6) is -2.51. The SMILES string of the molecule is COC(=O)C1=C(C)N=C(C)C(C(=O)OC)C1c1ccc(NC(C)=O)cc1. The first-order valence-electron chi connectivity index (χ1n) is 8.09. The van der Waals surface area contributed by atoms with E-state index in [-0.39, 0.29) is 5.91 Å². The number of carbonyl (C=O) groups is 3. The van der Waals surface area contributed by atoms with Crippen molar-refractivity contribution in [3.8, 4) is 0 Å². The molecule has 1 aliphatic heterocycles. The molecule has 2 rings (SSSR count). The molecule has 2 atom stereocenters. The van der Waals surface area contributed by atoms with Crippen molar-refractivity contribution in [1.29, 1.82) is 0 Å². The van der Waals surface area contributed by atoms with Crippen molar-refractivity contribution in [3.05, 3.63) is 41.1 Å². The van der Waals surface area contributed by atoms with Gasteiger partial charge in [-0.25, -0.2) is 4.79 Å². The second-order valence-corrected chi connectivity index (χ2v) is 6.03. The van der Waals surface area contributed by atoms with Gasteiger partial charge in [0.15, 0.2) is 0 Å². The molecule has 7 heteroatoms. The number of nitrogens with one attached hydrogen (secondary N) is 1. The quantitative estimate of drug-likeness (QED) is 0.834.